The van der Waals surface area contributed by atoms with E-state index in [1.165, 1.54) is 7.11 Å². The van der Waals surface area contributed by atoms with E-state index in [2.05, 4.69) is 6.92 Å². The normalized spacial score (nSPS) is 12.6. The van der Waals surface area contributed by atoms with Crippen LogP contribution in [0.2, 0.25) is 0 Å². The molecule has 0 aromatic carbocycles. The van der Waals surface area contributed by atoms with Crippen LogP contribution in [-0.4, -0.2) is 25.8 Å². The summed E-state index contributed by atoms with van der Waals surface area (Å²) in [6.45, 7) is 4.46. The van der Waals surface area contributed by atoms with Crippen LogP contribution in [0.25, 0.3) is 0 Å². The molecule has 0 N–H and O–H groups in total. The zero-order chi connectivity index (χ0) is 9.40. The van der Waals surface area contributed by atoms with Gasteiger partial charge < -0.3 is 9.47 Å². The Kier molecular flexibility index (Phi) is 6.76. The van der Waals surface area contributed by atoms with E-state index in [1.807, 2.05) is 6.92 Å². The highest BCUT2D eigenvalue weighted by Crippen LogP contribution is 2.00. The molecule has 0 bridgehead atoms. The number of unbranched alkanes of at least 4 members (excludes halogenated alkanes) is 1. The topological polar surface area (TPSA) is 35.5 Å². The number of methoxy groups -OCH3 is 1. The van der Waals surface area contributed by atoms with Crippen molar-refractivity contribution < 1.29 is 14.3 Å². The van der Waals surface area contributed by atoms with Gasteiger partial charge in [0, 0.05) is 7.11 Å². The Balaban J connectivity index is 3.54. The molecular weight excluding hydrogens is 156 g/mol. The van der Waals surface area contributed by atoms with E-state index in [0.29, 0.717) is 13.0 Å². The first kappa shape index (κ1) is 11.4. The number of ether oxygens (including phenoxy) is 2. The fourth-order valence-corrected chi connectivity index (χ4v) is 0.840. The van der Waals surface area contributed by atoms with Gasteiger partial charge in [0.05, 0.1) is 6.61 Å². The van der Waals surface area contributed by atoms with Gasteiger partial charge in [-0.2, -0.15) is 0 Å². The van der Waals surface area contributed by atoms with Crippen LogP contribution in [0.15, 0.2) is 0 Å². The molecule has 0 aromatic heterocycles. The summed E-state index contributed by atoms with van der Waals surface area (Å²) in [4.78, 5) is 11.1. The molecule has 1 atom stereocenters. The second kappa shape index (κ2) is 7.10. The van der Waals surface area contributed by atoms with E-state index >= 15 is 0 Å². The van der Waals surface area contributed by atoms with Gasteiger partial charge in [0.15, 0.2) is 6.10 Å². The molecule has 12 heavy (non-hydrogen) atoms. The number of rotatable bonds is 6. The number of esters is 1. The lowest BCUT2D eigenvalue weighted by atomic mass is 10.3. The standard InChI is InChI=1S/C9H18O3/c1-4-6-7-12-9(10)8(5-2)11-3/h8H,4-7H2,1-3H3. The lowest BCUT2D eigenvalue weighted by Gasteiger charge is -2.11. The first-order valence-electron chi connectivity index (χ1n) is 4.45. The minimum absolute atomic E-state index is 0.242. The van der Waals surface area contributed by atoms with Crippen LogP contribution in [0.5, 0.6) is 0 Å². The summed E-state index contributed by atoms with van der Waals surface area (Å²) >= 11 is 0. The van der Waals surface area contributed by atoms with Crippen molar-refractivity contribution in [1.29, 1.82) is 0 Å². The maximum Gasteiger partial charge on any atom is 0.335 e. The van der Waals surface area contributed by atoms with Crippen LogP contribution >= 0.6 is 0 Å². The van der Waals surface area contributed by atoms with Crippen LogP contribution in [-0.2, 0) is 14.3 Å². The molecular formula is C9H18O3. The van der Waals surface area contributed by atoms with Gasteiger partial charge in [-0.3, -0.25) is 0 Å². The Morgan fingerprint density at radius 1 is 1.42 bits per heavy atom. The fourth-order valence-electron chi connectivity index (χ4n) is 0.840. The summed E-state index contributed by atoms with van der Waals surface area (Å²) in [5.41, 5.74) is 0. The Morgan fingerprint density at radius 3 is 2.50 bits per heavy atom. The second-order valence-electron chi connectivity index (χ2n) is 2.65. The van der Waals surface area contributed by atoms with Gasteiger partial charge in [-0.1, -0.05) is 20.3 Å². The zero-order valence-corrected chi connectivity index (χ0v) is 8.13. The van der Waals surface area contributed by atoms with Gasteiger partial charge in [-0.05, 0) is 12.8 Å². The SMILES string of the molecule is CCCCOC(=O)C(CC)OC. The number of carbonyl (C=O) groups is 1. The molecule has 0 aromatic rings. The van der Waals surface area contributed by atoms with Crippen LogP contribution in [0, 0.1) is 0 Å². The number of carbonyl (C=O) groups excluding carboxylic acids is 1. The van der Waals surface area contributed by atoms with Crippen molar-refractivity contribution in [2.75, 3.05) is 13.7 Å². The summed E-state index contributed by atoms with van der Waals surface area (Å²) in [6.07, 6.45) is 2.24. The van der Waals surface area contributed by atoms with Crippen molar-refractivity contribution in [3.8, 4) is 0 Å². The van der Waals surface area contributed by atoms with Gasteiger partial charge in [-0.15, -0.1) is 0 Å². The Hall–Kier alpha value is -0.570. The number of hydrogen-bond acceptors (Lipinski definition) is 3. The van der Waals surface area contributed by atoms with Crippen molar-refractivity contribution in [3.05, 3.63) is 0 Å². The van der Waals surface area contributed by atoms with Gasteiger partial charge in [0.2, 0.25) is 0 Å². The summed E-state index contributed by atoms with van der Waals surface area (Å²) in [5.74, 6) is -0.242. The molecule has 0 saturated carbocycles. The molecule has 0 heterocycles. The van der Waals surface area contributed by atoms with Crippen LogP contribution in [0.3, 0.4) is 0 Å². The van der Waals surface area contributed by atoms with Crippen molar-refractivity contribution in [2.45, 2.75) is 39.2 Å². The number of hydrogen-bond donors (Lipinski definition) is 0. The summed E-state index contributed by atoms with van der Waals surface area (Å²) < 4.78 is 9.88. The molecule has 0 radical (unpaired) electrons. The Labute approximate surface area is 74.0 Å². The minimum Gasteiger partial charge on any atom is -0.464 e. The third-order valence-corrected chi connectivity index (χ3v) is 1.66. The fraction of sp³-hybridized carbons (Fsp3) is 0.889. The minimum atomic E-state index is -0.387. The Bertz CT molecular complexity index is 119. The molecule has 0 fully saturated rings. The van der Waals surface area contributed by atoms with E-state index in [9.17, 15) is 4.79 Å². The average molecular weight is 174 g/mol. The highest BCUT2D eigenvalue weighted by atomic mass is 16.6. The van der Waals surface area contributed by atoms with Crippen LogP contribution in [0.4, 0.5) is 0 Å². The average Bonchev–Trinajstić information content (AvgIpc) is 2.07. The maximum absolute atomic E-state index is 11.1. The summed E-state index contributed by atoms with van der Waals surface area (Å²) in [6, 6.07) is 0. The zero-order valence-electron chi connectivity index (χ0n) is 8.13. The largest absolute Gasteiger partial charge is 0.464 e. The van der Waals surface area contributed by atoms with Gasteiger partial charge in [0.1, 0.15) is 0 Å². The summed E-state index contributed by atoms with van der Waals surface area (Å²) in [5, 5.41) is 0. The molecule has 3 heteroatoms. The van der Waals surface area contributed by atoms with E-state index in [0.717, 1.165) is 12.8 Å². The van der Waals surface area contributed by atoms with Gasteiger partial charge in [-0.25, -0.2) is 4.79 Å². The first-order valence-corrected chi connectivity index (χ1v) is 4.45. The van der Waals surface area contributed by atoms with Crippen molar-refractivity contribution in [1.82, 2.24) is 0 Å². The van der Waals surface area contributed by atoms with Gasteiger partial charge in [0.25, 0.3) is 0 Å². The molecule has 0 aliphatic carbocycles. The molecule has 1 unspecified atom stereocenters. The maximum atomic E-state index is 11.1. The van der Waals surface area contributed by atoms with Crippen LogP contribution < -0.4 is 0 Å². The van der Waals surface area contributed by atoms with E-state index in [1.54, 1.807) is 0 Å². The van der Waals surface area contributed by atoms with Gasteiger partial charge >= 0.3 is 5.97 Å². The molecule has 0 aliphatic heterocycles. The van der Waals surface area contributed by atoms with Crippen LogP contribution in [0.1, 0.15) is 33.1 Å². The third kappa shape index (κ3) is 4.34. The highest BCUT2D eigenvalue weighted by Gasteiger charge is 2.15. The quantitative estimate of drug-likeness (QED) is 0.454. The smallest absolute Gasteiger partial charge is 0.335 e. The predicted octanol–water partition coefficient (Wildman–Crippen LogP) is 1.75. The molecule has 0 saturated heterocycles. The van der Waals surface area contributed by atoms with Crippen molar-refractivity contribution in [3.63, 3.8) is 0 Å². The molecule has 0 aliphatic rings. The second-order valence-corrected chi connectivity index (χ2v) is 2.65. The molecule has 0 amide bonds. The highest BCUT2D eigenvalue weighted by molar-refractivity contribution is 5.74. The molecule has 0 rings (SSSR count). The van der Waals surface area contributed by atoms with Crippen molar-refractivity contribution in [2.24, 2.45) is 0 Å². The molecule has 0 spiro atoms. The monoisotopic (exact) mass is 174 g/mol. The summed E-state index contributed by atoms with van der Waals surface area (Å²) in [7, 11) is 1.52. The van der Waals surface area contributed by atoms with Crippen molar-refractivity contribution >= 4 is 5.97 Å². The Morgan fingerprint density at radius 2 is 2.08 bits per heavy atom. The third-order valence-electron chi connectivity index (χ3n) is 1.66. The van der Waals surface area contributed by atoms with E-state index in [-0.39, 0.29) is 12.1 Å². The lowest BCUT2D eigenvalue weighted by Crippen LogP contribution is -2.24. The predicted molar refractivity (Wildman–Crippen MR) is 47.0 cm³/mol. The molecule has 72 valence electrons. The lowest BCUT2D eigenvalue weighted by molar-refractivity contribution is -0.155. The van der Waals surface area contributed by atoms with E-state index < -0.39 is 0 Å². The van der Waals surface area contributed by atoms with E-state index in [4.69, 9.17) is 9.47 Å². The first-order chi connectivity index (χ1) is 5.76. The molecule has 3 nitrogen and oxygen atoms in total.